The van der Waals surface area contributed by atoms with Gasteiger partial charge in [-0.1, -0.05) is 11.6 Å². The van der Waals surface area contributed by atoms with Crippen LogP contribution in [-0.2, 0) is 0 Å². The minimum absolute atomic E-state index is 0.433. The molecule has 0 aliphatic heterocycles. The Morgan fingerprint density at radius 3 is 3.11 bits per heavy atom. The van der Waals surface area contributed by atoms with Gasteiger partial charge in [-0.2, -0.15) is 10.1 Å². The molecule has 1 heterocycles. The van der Waals surface area contributed by atoms with Crippen molar-refractivity contribution in [3.63, 3.8) is 0 Å². The molecule has 48 valence electrons. The van der Waals surface area contributed by atoms with Crippen LogP contribution in [0.5, 0.6) is 0 Å². The van der Waals surface area contributed by atoms with Gasteiger partial charge in [-0.25, -0.2) is 10.1 Å². The van der Waals surface area contributed by atoms with Crippen molar-refractivity contribution in [2.75, 3.05) is 0 Å². The third-order valence-corrected chi connectivity index (χ3v) is 0.747. The van der Waals surface area contributed by atoms with Gasteiger partial charge in [0.05, 0.1) is 0 Å². The molecule has 0 saturated heterocycles. The van der Waals surface area contributed by atoms with E-state index in [0.29, 0.717) is 11.1 Å². The molecule has 0 aromatic carbocycles. The minimum atomic E-state index is 0.433. The third kappa shape index (κ3) is 1.81. The number of H-pyrrole nitrogens is 1. The first kappa shape index (κ1) is 6.22. The van der Waals surface area contributed by atoms with Crippen LogP contribution >= 0.6 is 11.6 Å². The zero-order valence-corrected chi connectivity index (χ0v) is 5.55. The van der Waals surface area contributed by atoms with Crippen LogP contribution in [0.1, 0.15) is 6.92 Å². The molecule has 0 aliphatic carbocycles. The van der Waals surface area contributed by atoms with E-state index in [1.165, 1.54) is 6.33 Å². The van der Waals surface area contributed by atoms with Crippen LogP contribution in [0.3, 0.4) is 0 Å². The number of aromatic nitrogens is 3. The maximum absolute atomic E-state index is 5.43. The average molecular weight is 145 g/mol. The van der Waals surface area contributed by atoms with E-state index in [1.54, 1.807) is 6.92 Å². The highest BCUT2D eigenvalue weighted by Gasteiger charge is 1.88. The van der Waals surface area contributed by atoms with Crippen molar-refractivity contribution in [1.82, 2.24) is 15.2 Å². The molecule has 0 atom stereocenters. The molecule has 4 nitrogen and oxygen atoms in total. The molecule has 9 heavy (non-hydrogen) atoms. The van der Waals surface area contributed by atoms with Gasteiger partial charge in [-0.3, -0.25) is 0 Å². The van der Waals surface area contributed by atoms with E-state index in [2.05, 4.69) is 20.2 Å². The highest BCUT2D eigenvalue weighted by molar-refractivity contribution is 6.65. The second-order valence-electron chi connectivity index (χ2n) is 1.42. The van der Waals surface area contributed by atoms with Crippen LogP contribution in [0, 0.1) is 0 Å². The van der Waals surface area contributed by atoms with E-state index < -0.39 is 0 Å². The molecule has 0 radical (unpaired) electrons. The highest BCUT2D eigenvalue weighted by Crippen LogP contribution is 2.00. The Morgan fingerprint density at radius 1 is 1.89 bits per heavy atom. The quantitative estimate of drug-likeness (QED) is 0.600. The molecule has 0 amide bonds. The fraction of sp³-hybridized carbons (Fsp3) is 0.250. The van der Waals surface area contributed by atoms with Crippen LogP contribution in [0.15, 0.2) is 11.3 Å². The number of nitrogens with one attached hydrogen (secondary N) is 1. The highest BCUT2D eigenvalue weighted by atomic mass is 35.5. The standard InChI is InChI=1S/C4H5ClN4/c1-3(5)8-4-6-2-7-9-4/h2H,1H3,(H,6,7,9). The van der Waals surface area contributed by atoms with Crippen molar-refractivity contribution in [2.45, 2.75) is 6.92 Å². The summed E-state index contributed by atoms with van der Waals surface area (Å²) in [5.74, 6) is 0.433. The number of hydrogen-bond donors (Lipinski definition) is 1. The van der Waals surface area contributed by atoms with Gasteiger partial charge in [-0.15, -0.1) is 0 Å². The largest absolute Gasteiger partial charge is 0.246 e. The van der Waals surface area contributed by atoms with Gasteiger partial charge in [0.15, 0.2) is 0 Å². The van der Waals surface area contributed by atoms with Crippen LogP contribution in [0.4, 0.5) is 5.95 Å². The number of halogens is 1. The molecule has 5 heteroatoms. The van der Waals surface area contributed by atoms with Gasteiger partial charge < -0.3 is 0 Å². The van der Waals surface area contributed by atoms with Crippen LogP contribution in [0.2, 0.25) is 0 Å². The summed E-state index contributed by atoms with van der Waals surface area (Å²) in [4.78, 5) is 7.49. The molecular formula is C4H5ClN4. The normalized spacial score (nSPS) is 12.0. The van der Waals surface area contributed by atoms with Gasteiger partial charge >= 0.3 is 0 Å². The number of rotatable bonds is 1. The van der Waals surface area contributed by atoms with E-state index >= 15 is 0 Å². The lowest BCUT2D eigenvalue weighted by atomic mass is 10.8. The molecule has 1 aromatic rings. The first-order valence-electron chi connectivity index (χ1n) is 2.35. The van der Waals surface area contributed by atoms with Crippen LogP contribution in [0.25, 0.3) is 0 Å². The average Bonchev–Trinajstić information content (AvgIpc) is 2.15. The Labute approximate surface area is 57.0 Å². The number of nitrogens with zero attached hydrogens (tertiary/aromatic N) is 3. The molecule has 0 unspecified atom stereocenters. The molecule has 1 N–H and O–H groups in total. The lowest BCUT2D eigenvalue weighted by Crippen LogP contribution is -1.74. The van der Waals surface area contributed by atoms with Crippen LogP contribution < -0.4 is 0 Å². The zero-order chi connectivity index (χ0) is 6.69. The topological polar surface area (TPSA) is 53.9 Å². The summed E-state index contributed by atoms with van der Waals surface area (Å²) in [5.41, 5.74) is 0. The third-order valence-electron chi connectivity index (χ3n) is 0.662. The number of hydrogen-bond acceptors (Lipinski definition) is 3. The Hall–Kier alpha value is -0.900. The second-order valence-corrected chi connectivity index (χ2v) is 1.96. The van der Waals surface area contributed by atoms with Crippen molar-refractivity contribution in [3.8, 4) is 0 Å². The molecule has 0 bridgehead atoms. The second kappa shape index (κ2) is 2.59. The minimum Gasteiger partial charge on any atom is -0.244 e. The summed E-state index contributed by atoms with van der Waals surface area (Å²) in [6.45, 7) is 1.67. The predicted octanol–water partition coefficient (Wildman–Crippen LogP) is 1.09. The van der Waals surface area contributed by atoms with E-state index in [4.69, 9.17) is 11.6 Å². The van der Waals surface area contributed by atoms with E-state index in [9.17, 15) is 0 Å². The molecule has 0 fully saturated rings. The Morgan fingerprint density at radius 2 is 2.67 bits per heavy atom. The van der Waals surface area contributed by atoms with Crippen LogP contribution in [-0.4, -0.2) is 20.4 Å². The van der Waals surface area contributed by atoms with Gasteiger partial charge in [0.25, 0.3) is 0 Å². The van der Waals surface area contributed by atoms with Crippen molar-refractivity contribution < 1.29 is 0 Å². The lowest BCUT2D eigenvalue weighted by molar-refractivity contribution is 1.08. The molecule has 1 aromatic heterocycles. The Balaban J connectivity index is 2.80. The number of aromatic amines is 1. The smallest absolute Gasteiger partial charge is 0.244 e. The Kier molecular flexibility index (Phi) is 1.79. The van der Waals surface area contributed by atoms with E-state index in [-0.39, 0.29) is 0 Å². The lowest BCUT2D eigenvalue weighted by Gasteiger charge is -1.80. The summed E-state index contributed by atoms with van der Waals surface area (Å²) in [6, 6.07) is 0. The van der Waals surface area contributed by atoms with Gasteiger partial charge in [-0.05, 0) is 6.92 Å². The zero-order valence-electron chi connectivity index (χ0n) is 4.80. The van der Waals surface area contributed by atoms with Gasteiger partial charge in [0.1, 0.15) is 11.5 Å². The molecule has 1 rings (SSSR count). The maximum atomic E-state index is 5.43. The maximum Gasteiger partial charge on any atom is 0.246 e. The van der Waals surface area contributed by atoms with Gasteiger partial charge in [0.2, 0.25) is 5.95 Å². The fourth-order valence-electron chi connectivity index (χ4n) is 0.399. The van der Waals surface area contributed by atoms with Crippen molar-refractivity contribution in [3.05, 3.63) is 6.33 Å². The molecule has 0 aliphatic rings. The Bertz CT molecular complexity index is 198. The predicted molar refractivity (Wildman–Crippen MR) is 35.0 cm³/mol. The molecule has 0 saturated carbocycles. The molecule has 0 spiro atoms. The van der Waals surface area contributed by atoms with E-state index in [0.717, 1.165) is 0 Å². The monoisotopic (exact) mass is 144 g/mol. The number of aliphatic imine (C=N–C) groups is 1. The SMILES string of the molecule is CC(Cl)=Nc1ncn[nH]1. The van der Waals surface area contributed by atoms with Crippen molar-refractivity contribution in [1.29, 1.82) is 0 Å². The van der Waals surface area contributed by atoms with Gasteiger partial charge in [0, 0.05) is 0 Å². The first-order chi connectivity index (χ1) is 4.29. The summed E-state index contributed by atoms with van der Waals surface area (Å²) in [5, 5.41) is 6.55. The first-order valence-corrected chi connectivity index (χ1v) is 2.73. The fourth-order valence-corrected chi connectivity index (χ4v) is 0.479. The summed E-state index contributed by atoms with van der Waals surface area (Å²) in [7, 11) is 0. The summed E-state index contributed by atoms with van der Waals surface area (Å²) < 4.78 is 0. The summed E-state index contributed by atoms with van der Waals surface area (Å²) >= 11 is 5.43. The van der Waals surface area contributed by atoms with Crippen molar-refractivity contribution >= 4 is 22.7 Å². The van der Waals surface area contributed by atoms with Crippen molar-refractivity contribution in [2.24, 2.45) is 4.99 Å². The molecular weight excluding hydrogens is 140 g/mol. The summed E-state index contributed by atoms with van der Waals surface area (Å²) in [6.07, 6.45) is 1.37. The van der Waals surface area contributed by atoms with E-state index in [1.807, 2.05) is 0 Å².